The normalized spacial score (nSPS) is 26.3. The first-order chi connectivity index (χ1) is 8.24. The molecule has 0 aromatic rings. The molecule has 1 aliphatic rings. The fraction of sp³-hybridized carbons (Fsp3) is 1.00. The first kappa shape index (κ1) is 16.0. The van der Waals surface area contributed by atoms with E-state index in [2.05, 4.69) is 46.9 Å². The predicted molar refractivity (Wildman–Crippen MR) is 81.9 cm³/mol. The quantitative estimate of drug-likeness (QED) is 0.726. The molecule has 0 heterocycles. The third-order valence-electron chi connectivity index (χ3n) is 4.95. The van der Waals surface area contributed by atoms with Crippen molar-refractivity contribution in [3.63, 3.8) is 0 Å². The number of rotatable bonds is 5. The van der Waals surface area contributed by atoms with Crippen molar-refractivity contribution in [2.75, 3.05) is 6.54 Å². The van der Waals surface area contributed by atoms with Crippen molar-refractivity contribution >= 4 is 0 Å². The Morgan fingerprint density at radius 2 is 1.50 bits per heavy atom. The Morgan fingerprint density at radius 1 is 0.944 bits per heavy atom. The molecule has 0 saturated heterocycles. The largest absolute Gasteiger partial charge is 0.312 e. The minimum absolute atomic E-state index is 0.260. The smallest absolute Gasteiger partial charge is 0.00965 e. The van der Waals surface area contributed by atoms with E-state index < -0.39 is 0 Å². The minimum atomic E-state index is 0.260. The maximum Gasteiger partial charge on any atom is 0.00965 e. The lowest BCUT2D eigenvalue weighted by molar-refractivity contribution is 0.119. The van der Waals surface area contributed by atoms with Crippen LogP contribution in [0.15, 0.2) is 0 Å². The van der Waals surface area contributed by atoms with Gasteiger partial charge >= 0.3 is 0 Å². The number of nitrogens with one attached hydrogen (secondary N) is 1. The highest BCUT2D eigenvalue weighted by atomic mass is 14.9. The second kappa shape index (κ2) is 6.41. The van der Waals surface area contributed by atoms with Gasteiger partial charge in [0, 0.05) is 5.54 Å². The average Bonchev–Trinajstić information content (AvgIpc) is 2.27. The molecule has 0 aromatic heterocycles. The molecule has 1 nitrogen and oxygen atoms in total. The van der Waals surface area contributed by atoms with Crippen molar-refractivity contribution in [1.82, 2.24) is 5.32 Å². The molecule has 108 valence electrons. The van der Waals surface area contributed by atoms with E-state index in [1.54, 1.807) is 0 Å². The van der Waals surface area contributed by atoms with Crippen LogP contribution in [0.5, 0.6) is 0 Å². The van der Waals surface area contributed by atoms with Gasteiger partial charge in [-0.1, -0.05) is 40.0 Å². The van der Waals surface area contributed by atoms with Crippen LogP contribution in [0.4, 0.5) is 0 Å². The van der Waals surface area contributed by atoms with Crippen LogP contribution < -0.4 is 5.32 Å². The van der Waals surface area contributed by atoms with Crippen LogP contribution in [0.3, 0.4) is 0 Å². The van der Waals surface area contributed by atoms with Gasteiger partial charge in [0.15, 0.2) is 0 Å². The summed E-state index contributed by atoms with van der Waals surface area (Å²) in [5.74, 6) is 1.96. The summed E-state index contributed by atoms with van der Waals surface area (Å²) in [6.45, 7) is 15.2. The Labute approximate surface area is 115 Å². The zero-order valence-corrected chi connectivity index (χ0v) is 13.6. The maximum atomic E-state index is 3.64. The standard InChI is InChI=1S/C17H35N/c1-7-14-8-10-15(11-9-14)17(5,6)12-13-18-16(2,3)4/h14-15,18H,7-13H2,1-6H3. The van der Waals surface area contributed by atoms with Gasteiger partial charge in [0.2, 0.25) is 0 Å². The number of hydrogen-bond donors (Lipinski definition) is 1. The molecular formula is C17H35N. The van der Waals surface area contributed by atoms with Gasteiger partial charge < -0.3 is 5.32 Å². The highest BCUT2D eigenvalue weighted by Crippen LogP contribution is 2.42. The van der Waals surface area contributed by atoms with E-state index in [1.807, 2.05) is 0 Å². The molecule has 0 unspecified atom stereocenters. The fourth-order valence-corrected chi connectivity index (χ4v) is 3.32. The molecule has 1 N–H and O–H groups in total. The SMILES string of the molecule is CCC1CCC(C(C)(C)CCNC(C)(C)C)CC1. The molecule has 0 spiro atoms. The summed E-state index contributed by atoms with van der Waals surface area (Å²) in [6, 6.07) is 0. The molecule has 1 aliphatic carbocycles. The molecule has 18 heavy (non-hydrogen) atoms. The lowest BCUT2D eigenvalue weighted by Gasteiger charge is -2.40. The molecule has 0 amide bonds. The van der Waals surface area contributed by atoms with E-state index in [0.29, 0.717) is 5.41 Å². The maximum absolute atomic E-state index is 3.64. The van der Waals surface area contributed by atoms with Crippen LogP contribution in [0.25, 0.3) is 0 Å². The van der Waals surface area contributed by atoms with E-state index in [4.69, 9.17) is 0 Å². The van der Waals surface area contributed by atoms with Gasteiger partial charge in [-0.2, -0.15) is 0 Å². The average molecular weight is 253 g/mol. The Bertz CT molecular complexity index is 228. The molecule has 1 saturated carbocycles. The highest BCUT2D eigenvalue weighted by molar-refractivity contribution is 4.84. The second-order valence-corrected chi connectivity index (χ2v) is 8.04. The minimum Gasteiger partial charge on any atom is -0.312 e. The monoisotopic (exact) mass is 253 g/mol. The summed E-state index contributed by atoms with van der Waals surface area (Å²) in [5, 5.41) is 3.64. The molecule has 0 aromatic carbocycles. The first-order valence-corrected chi connectivity index (χ1v) is 7.99. The predicted octanol–water partition coefficient (Wildman–Crippen LogP) is 5.01. The lowest BCUT2D eigenvalue weighted by atomic mass is 9.67. The van der Waals surface area contributed by atoms with E-state index in [0.717, 1.165) is 18.4 Å². The van der Waals surface area contributed by atoms with Crippen molar-refractivity contribution in [3.8, 4) is 0 Å². The summed E-state index contributed by atoms with van der Waals surface area (Å²) in [5.41, 5.74) is 0.771. The van der Waals surface area contributed by atoms with Gasteiger partial charge in [0.05, 0.1) is 0 Å². The summed E-state index contributed by atoms with van der Waals surface area (Å²) >= 11 is 0. The van der Waals surface area contributed by atoms with E-state index in [-0.39, 0.29) is 5.54 Å². The van der Waals surface area contributed by atoms with Crippen molar-refractivity contribution in [2.45, 2.75) is 85.6 Å². The third-order valence-corrected chi connectivity index (χ3v) is 4.95. The summed E-state index contributed by atoms with van der Waals surface area (Å²) < 4.78 is 0. The summed E-state index contributed by atoms with van der Waals surface area (Å²) in [4.78, 5) is 0. The number of hydrogen-bond acceptors (Lipinski definition) is 1. The van der Waals surface area contributed by atoms with Crippen molar-refractivity contribution in [2.24, 2.45) is 17.3 Å². The van der Waals surface area contributed by atoms with Gasteiger partial charge in [-0.3, -0.25) is 0 Å². The molecular weight excluding hydrogens is 218 g/mol. The van der Waals surface area contributed by atoms with Crippen LogP contribution in [-0.2, 0) is 0 Å². The summed E-state index contributed by atoms with van der Waals surface area (Å²) in [6.07, 6.45) is 8.56. The zero-order chi connectivity index (χ0) is 13.8. The van der Waals surface area contributed by atoms with Gasteiger partial charge in [-0.05, 0) is 63.8 Å². The Kier molecular flexibility index (Phi) is 5.70. The molecule has 1 heteroatoms. The zero-order valence-electron chi connectivity index (χ0n) is 13.6. The van der Waals surface area contributed by atoms with Crippen LogP contribution in [-0.4, -0.2) is 12.1 Å². The Hall–Kier alpha value is -0.0400. The Morgan fingerprint density at radius 3 is 1.94 bits per heavy atom. The topological polar surface area (TPSA) is 12.0 Å². The van der Waals surface area contributed by atoms with Crippen LogP contribution >= 0.6 is 0 Å². The first-order valence-electron chi connectivity index (χ1n) is 7.99. The van der Waals surface area contributed by atoms with Crippen molar-refractivity contribution < 1.29 is 0 Å². The lowest BCUT2D eigenvalue weighted by Crippen LogP contribution is -2.39. The molecule has 1 rings (SSSR count). The van der Waals surface area contributed by atoms with Crippen LogP contribution in [0.2, 0.25) is 0 Å². The van der Waals surface area contributed by atoms with Crippen molar-refractivity contribution in [3.05, 3.63) is 0 Å². The fourth-order valence-electron chi connectivity index (χ4n) is 3.32. The Balaban J connectivity index is 2.35. The molecule has 0 radical (unpaired) electrons. The highest BCUT2D eigenvalue weighted by Gasteiger charge is 2.32. The van der Waals surface area contributed by atoms with Gasteiger partial charge in [-0.25, -0.2) is 0 Å². The van der Waals surface area contributed by atoms with Gasteiger partial charge in [0.1, 0.15) is 0 Å². The van der Waals surface area contributed by atoms with E-state index in [9.17, 15) is 0 Å². The molecule has 0 aliphatic heterocycles. The van der Waals surface area contributed by atoms with Gasteiger partial charge in [-0.15, -0.1) is 0 Å². The molecule has 0 atom stereocenters. The molecule has 1 fully saturated rings. The van der Waals surface area contributed by atoms with Crippen molar-refractivity contribution in [1.29, 1.82) is 0 Å². The van der Waals surface area contributed by atoms with E-state index in [1.165, 1.54) is 38.5 Å². The second-order valence-electron chi connectivity index (χ2n) is 8.04. The van der Waals surface area contributed by atoms with Crippen LogP contribution in [0.1, 0.15) is 80.1 Å². The summed E-state index contributed by atoms with van der Waals surface area (Å²) in [7, 11) is 0. The van der Waals surface area contributed by atoms with Crippen LogP contribution in [0, 0.1) is 17.3 Å². The third kappa shape index (κ3) is 5.30. The molecule has 0 bridgehead atoms. The van der Waals surface area contributed by atoms with E-state index >= 15 is 0 Å². The van der Waals surface area contributed by atoms with Gasteiger partial charge in [0.25, 0.3) is 0 Å².